The predicted molar refractivity (Wildman–Crippen MR) is 76.6 cm³/mol. The lowest BCUT2D eigenvalue weighted by Crippen LogP contribution is -2.27. The van der Waals surface area contributed by atoms with Gasteiger partial charge in [0.2, 0.25) is 0 Å². The van der Waals surface area contributed by atoms with Crippen LogP contribution in [0.3, 0.4) is 0 Å². The van der Waals surface area contributed by atoms with E-state index in [2.05, 4.69) is 4.74 Å². The number of carbonyl (C=O) groups excluding carboxylic acids is 2. The highest BCUT2D eigenvalue weighted by Crippen LogP contribution is 2.17. The Morgan fingerprint density at radius 1 is 1.09 bits per heavy atom. The minimum Gasteiger partial charge on any atom is -0.454 e. The molecule has 0 aliphatic rings. The average molecular weight is 322 g/mol. The Balaban J connectivity index is 1.88. The molecule has 6 nitrogen and oxygen atoms in total. The molecule has 1 amide bonds. The molecule has 1 heterocycles. The lowest BCUT2D eigenvalue weighted by atomic mass is 10.3. The van der Waals surface area contributed by atoms with Crippen molar-refractivity contribution in [3.05, 3.63) is 64.6 Å². The van der Waals surface area contributed by atoms with E-state index < -0.39 is 41.4 Å². The molecule has 0 unspecified atom stereocenters. The van der Waals surface area contributed by atoms with Gasteiger partial charge in [-0.05, 0) is 18.2 Å². The van der Waals surface area contributed by atoms with Gasteiger partial charge in [-0.3, -0.25) is 14.4 Å². The highest BCUT2D eigenvalue weighted by molar-refractivity contribution is 5.93. The van der Waals surface area contributed by atoms with Crippen LogP contribution in [0.5, 0.6) is 0 Å². The molecule has 1 N–H and O–H groups in total. The molecular formula is C15H12F2N2O4. The van der Waals surface area contributed by atoms with Gasteiger partial charge in [-0.25, -0.2) is 8.78 Å². The van der Waals surface area contributed by atoms with Gasteiger partial charge in [0.1, 0.15) is 23.9 Å². The molecule has 0 aliphatic heterocycles. The van der Waals surface area contributed by atoms with E-state index in [0.29, 0.717) is 0 Å². The maximum atomic E-state index is 13.3. The number of rotatable bonds is 5. The van der Waals surface area contributed by atoms with Crippen LogP contribution in [0.2, 0.25) is 0 Å². The number of para-hydroxylation sites is 1. The van der Waals surface area contributed by atoms with Gasteiger partial charge in [0.05, 0.1) is 0 Å². The molecule has 0 saturated heterocycles. The number of pyridine rings is 1. The number of carbonyl (C=O) groups is 2. The smallest absolute Gasteiger partial charge is 0.326 e. The lowest BCUT2D eigenvalue weighted by molar-refractivity contribution is -0.147. The van der Waals surface area contributed by atoms with Crippen molar-refractivity contribution in [3.63, 3.8) is 0 Å². The zero-order valence-electron chi connectivity index (χ0n) is 11.8. The number of hydrogen-bond acceptors (Lipinski definition) is 4. The molecule has 23 heavy (non-hydrogen) atoms. The van der Waals surface area contributed by atoms with Crippen LogP contribution in [0.4, 0.5) is 14.5 Å². The topological polar surface area (TPSA) is 77.4 Å². The molecule has 2 aromatic rings. The summed E-state index contributed by atoms with van der Waals surface area (Å²) < 4.78 is 32.4. The maximum Gasteiger partial charge on any atom is 0.326 e. The summed E-state index contributed by atoms with van der Waals surface area (Å²) in [7, 11) is 0. The third-order valence-electron chi connectivity index (χ3n) is 2.79. The van der Waals surface area contributed by atoms with E-state index >= 15 is 0 Å². The van der Waals surface area contributed by atoms with Crippen LogP contribution in [-0.2, 0) is 20.9 Å². The van der Waals surface area contributed by atoms with E-state index in [1.807, 2.05) is 5.32 Å². The number of halogens is 2. The van der Waals surface area contributed by atoms with Crippen LogP contribution >= 0.6 is 0 Å². The largest absolute Gasteiger partial charge is 0.454 e. The van der Waals surface area contributed by atoms with Gasteiger partial charge in [-0.15, -0.1) is 0 Å². The molecule has 0 radical (unpaired) electrons. The summed E-state index contributed by atoms with van der Waals surface area (Å²) >= 11 is 0. The molecule has 0 saturated carbocycles. The maximum absolute atomic E-state index is 13.3. The summed E-state index contributed by atoms with van der Waals surface area (Å²) in [5.41, 5.74) is -1.02. The van der Waals surface area contributed by atoms with Gasteiger partial charge in [0.25, 0.3) is 11.5 Å². The molecule has 1 aromatic carbocycles. The first-order valence-corrected chi connectivity index (χ1v) is 6.52. The Morgan fingerprint density at radius 2 is 1.78 bits per heavy atom. The first-order chi connectivity index (χ1) is 11.0. The average Bonchev–Trinajstić information content (AvgIpc) is 2.51. The molecule has 0 spiro atoms. The van der Waals surface area contributed by atoms with E-state index in [0.717, 1.165) is 22.8 Å². The Labute approximate surface area is 129 Å². The van der Waals surface area contributed by atoms with Gasteiger partial charge in [-0.1, -0.05) is 12.1 Å². The zero-order chi connectivity index (χ0) is 16.8. The quantitative estimate of drug-likeness (QED) is 0.842. The van der Waals surface area contributed by atoms with E-state index in [1.54, 1.807) is 6.07 Å². The second kappa shape index (κ2) is 7.30. The normalized spacial score (nSPS) is 10.2. The Bertz CT molecular complexity index is 769. The molecular weight excluding hydrogens is 310 g/mol. The zero-order valence-corrected chi connectivity index (χ0v) is 11.8. The molecule has 120 valence electrons. The van der Waals surface area contributed by atoms with Crippen LogP contribution < -0.4 is 10.9 Å². The van der Waals surface area contributed by atoms with Crippen molar-refractivity contribution in [2.75, 3.05) is 11.9 Å². The molecule has 0 fully saturated rings. The third kappa shape index (κ3) is 4.47. The summed E-state index contributed by atoms with van der Waals surface area (Å²) in [4.78, 5) is 34.5. The number of esters is 1. The van der Waals surface area contributed by atoms with Gasteiger partial charge < -0.3 is 14.6 Å². The number of aromatic nitrogens is 1. The summed E-state index contributed by atoms with van der Waals surface area (Å²) in [6.07, 6.45) is 1.39. The Morgan fingerprint density at radius 3 is 2.43 bits per heavy atom. The Hall–Kier alpha value is -3.03. The molecule has 0 bridgehead atoms. The minimum absolute atomic E-state index is 0.374. The monoisotopic (exact) mass is 322 g/mol. The summed E-state index contributed by atoms with van der Waals surface area (Å²) in [6, 6.07) is 7.45. The summed E-state index contributed by atoms with van der Waals surface area (Å²) in [5, 5.41) is 1.97. The number of nitrogens with one attached hydrogen (secondary N) is 1. The summed E-state index contributed by atoms with van der Waals surface area (Å²) in [5.74, 6) is -3.62. The van der Waals surface area contributed by atoms with Crippen molar-refractivity contribution >= 4 is 17.6 Å². The standard InChI is InChI=1S/C15H12F2N2O4/c16-10-4-3-5-11(17)15(10)18-12(20)9-23-14(22)8-19-7-2-1-6-13(19)21/h1-7H,8-9H2,(H,18,20). The van der Waals surface area contributed by atoms with Crippen molar-refractivity contribution in [1.29, 1.82) is 0 Å². The second-order valence-electron chi connectivity index (χ2n) is 4.47. The highest BCUT2D eigenvalue weighted by atomic mass is 19.1. The van der Waals surface area contributed by atoms with Crippen LogP contribution in [0, 0.1) is 11.6 Å². The van der Waals surface area contributed by atoms with E-state index in [9.17, 15) is 23.2 Å². The molecule has 0 atom stereocenters. The first-order valence-electron chi connectivity index (χ1n) is 6.52. The van der Waals surface area contributed by atoms with Crippen molar-refractivity contribution in [1.82, 2.24) is 4.57 Å². The van der Waals surface area contributed by atoms with Gasteiger partial charge in [0, 0.05) is 12.3 Å². The summed E-state index contributed by atoms with van der Waals surface area (Å²) in [6.45, 7) is -1.10. The third-order valence-corrected chi connectivity index (χ3v) is 2.79. The number of benzene rings is 1. The van der Waals surface area contributed by atoms with E-state index in [-0.39, 0.29) is 6.54 Å². The predicted octanol–water partition coefficient (Wildman–Crippen LogP) is 1.31. The fourth-order valence-electron chi connectivity index (χ4n) is 1.71. The molecule has 8 heteroatoms. The lowest BCUT2D eigenvalue weighted by Gasteiger charge is -2.09. The number of hydrogen-bond donors (Lipinski definition) is 1. The van der Waals surface area contributed by atoms with Crippen LogP contribution in [0.1, 0.15) is 0 Å². The minimum atomic E-state index is -0.944. The SMILES string of the molecule is O=C(COC(=O)Cn1ccccc1=O)Nc1c(F)cccc1F. The van der Waals surface area contributed by atoms with Crippen LogP contribution in [0.25, 0.3) is 0 Å². The fraction of sp³-hybridized carbons (Fsp3) is 0.133. The van der Waals surface area contributed by atoms with Gasteiger partial charge in [0.15, 0.2) is 6.61 Å². The van der Waals surface area contributed by atoms with E-state index in [1.165, 1.54) is 18.3 Å². The van der Waals surface area contributed by atoms with Crippen molar-refractivity contribution in [2.45, 2.75) is 6.54 Å². The van der Waals surface area contributed by atoms with Crippen LogP contribution in [-0.4, -0.2) is 23.1 Å². The van der Waals surface area contributed by atoms with Crippen molar-refractivity contribution < 1.29 is 23.1 Å². The fourth-order valence-corrected chi connectivity index (χ4v) is 1.71. The second-order valence-corrected chi connectivity index (χ2v) is 4.47. The Kier molecular flexibility index (Phi) is 5.19. The molecule has 0 aliphatic carbocycles. The first kappa shape index (κ1) is 16.3. The molecule has 1 aromatic heterocycles. The van der Waals surface area contributed by atoms with Crippen LogP contribution in [0.15, 0.2) is 47.4 Å². The van der Waals surface area contributed by atoms with Crippen molar-refractivity contribution in [2.24, 2.45) is 0 Å². The highest BCUT2D eigenvalue weighted by Gasteiger charge is 2.14. The van der Waals surface area contributed by atoms with Gasteiger partial charge in [-0.2, -0.15) is 0 Å². The number of ether oxygens (including phenoxy) is 1. The number of anilines is 1. The molecule has 2 rings (SSSR count). The van der Waals surface area contributed by atoms with Gasteiger partial charge >= 0.3 is 5.97 Å². The number of amides is 1. The van der Waals surface area contributed by atoms with E-state index in [4.69, 9.17) is 0 Å². The number of nitrogens with zero attached hydrogens (tertiary/aromatic N) is 1. The van der Waals surface area contributed by atoms with Crippen molar-refractivity contribution in [3.8, 4) is 0 Å².